The minimum Gasteiger partial charge on any atom is -0.381 e. The van der Waals surface area contributed by atoms with Gasteiger partial charge < -0.3 is 11.1 Å². The van der Waals surface area contributed by atoms with Crippen LogP contribution in [0.25, 0.3) is 5.65 Å². The normalized spacial score (nSPS) is 11.7. The molecule has 20 heavy (non-hydrogen) atoms. The number of nitrogens with two attached hydrogens (primary N) is 1. The Hall–Kier alpha value is -2.13. The summed E-state index contributed by atoms with van der Waals surface area (Å²) >= 11 is 0. The lowest BCUT2D eigenvalue weighted by molar-refractivity contribution is -0.120. The van der Waals surface area contributed by atoms with Crippen molar-refractivity contribution in [1.29, 1.82) is 0 Å². The van der Waals surface area contributed by atoms with Crippen molar-refractivity contribution in [3.8, 4) is 0 Å². The lowest BCUT2D eigenvalue weighted by Crippen LogP contribution is -2.30. The molecule has 2 rings (SSSR count). The number of nitrogen functional groups attached to an aromatic ring is 1. The highest BCUT2D eigenvalue weighted by Gasteiger charge is 2.23. The molecule has 2 aromatic heterocycles. The van der Waals surface area contributed by atoms with Crippen molar-refractivity contribution in [2.45, 2.75) is 11.4 Å². The molecule has 0 saturated heterocycles. The molecule has 0 aliphatic carbocycles. The Labute approximate surface area is 116 Å². The molecule has 2 heterocycles. The summed E-state index contributed by atoms with van der Waals surface area (Å²) in [5, 5.41) is 2.29. The van der Waals surface area contributed by atoms with Crippen molar-refractivity contribution >= 4 is 27.4 Å². The molecule has 0 aliphatic rings. The van der Waals surface area contributed by atoms with E-state index in [2.05, 4.69) is 15.0 Å². The van der Waals surface area contributed by atoms with Crippen LogP contribution in [0.1, 0.15) is 6.42 Å². The van der Waals surface area contributed by atoms with Gasteiger partial charge in [-0.05, 0) is 12.1 Å². The zero-order chi connectivity index (χ0) is 14.8. The fraction of sp³-hybridized carbons (Fsp3) is 0.273. The molecule has 0 aliphatic heterocycles. The SMILES string of the molecule is CNC(=O)CCNS(=O)(=O)c1c(N)nc2ccccn12. The number of amides is 1. The van der Waals surface area contributed by atoms with E-state index in [-0.39, 0.29) is 29.7 Å². The second kappa shape index (κ2) is 5.47. The van der Waals surface area contributed by atoms with E-state index in [1.165, 1.54) is 11.4 Å². The van der Waals surface area contributed by atoms with E-state index in [4.69, 9.17) is 5.73 Å². The van der Waals surface area contributed by atoms with Crippen molar-refractivity contribution < 1.29 is 13.2 Å². The van der Waals surface area contributed by atoms with Gasteiger partial charge in [0.15, 0.2) is 10.8 Å². The largest absolute Gasteiger partial charge is 0.381 e. The molecule has 0 fully saturated rings. The standard InChI is InChI=1S/C11H15N5O3S/c1-13-9(17)5-6-14-20(18,19)11-10(12)15-8-4-2-3-7-16(8)11/h2-4,7,14H,5-6,12H2,1H3,(H,13,17). The Balaban J connectivity index is 2.28. The third-order valence-corrected chi connectivity index (χ3v) is 4.19. The third-order valence-electron chi connectivity index (χ3n) is 2.69. The molecule has 0 radical (unpaired) electrons. The third kappa shape index (κ3) is 2.73. The van der Waals surface area contributed by atoms with Crippen LogP contribution in [0.3, 0.4) is 0 Å². The van der Waals surface area contributed by atoms with Gasteiger partial charge in [-0.2, -0.15) is 0 Å². The first-order chi connectivity index (χ1) is 9.45. The number of rotatable bonds is 5. The van der Waals surface area contributed by atoms with Crippen LogP contribution in [-0.4, -0.2) is 37.3 Å². The topological polar surface area (TPSA) is 119 Å². The summed E-state index contributed by atoms with van der Waals surface area (Å²) in [6.45, 7) is -0.0124. The van der Waals surface area contributed by atoms with Crippen LogP contribution in [-0.2, 0) is 14.8 Å². The maximum atomic E-state index is 12.2. The molecule has 8 nitrogen and oxygen atoms in total. The number of sulfonamides is 1. The van der Waals surface area contributed by atoms with Gasteiger partial charge in [0.05, 0.1) is 0 Å². The van der Waals surface area contributed by atoms with Crippen LogP contribution < -0.4 is 15.8 Å². The van der Waals surface area contributed by atoms with Crippen molar-refractivity contribution in [3.05, 3.63) is 24.4 Å². The second-order valence-corrected chi connectivity index (χ2v) is 5.73. The molecule has 0 bridgehead atoms. The first kappa shape index (κ1) is 14.3. The Morgan fingerprint density at radius 3 is 2.90 bits per heavy atom. The zero-order valence-corrected chi connectivity index (χ0v) is 11.6. The van der Waals surface area contributed by atoms with Crippen LogP contribution in [0.5, 0.6) is 0 Å². The number of nitrogens with zero attached hydrogens (tertiary/aromatic N) is 2. The number of aromatic nitrogens is 2. The molecule has 108 valence electrons. The summed E-state index contributed by atoms with van der Waals surface area (Å²) in [5.74, 6) is -0.331. The highest BCUT2D eigenvalue weighted by atomic mass is 32.2. The molecular weight excluding hydrogens is 282 g/mol. The van der Waals surface area contributed by atoms with Crippen LogP contribution in [0.4, 0.5) is 5.82 Å². The van der Waals surface area contributed by atoms with E-state index in [1.807, 2.05) is 0 Å². The van der Waals surface area contributed by atoms with Gasteiger partial charge in [-0.25, -0.2) is 18.1 Å². The lowest BCUT2D eigenvalue weighted by Gasteiger charge is -2.06. The molecule has 9 heteroatoms. The summed E-state index contributed by atoms with van der Waals surface area (Å²) in [6.07, 6.45) is 1.61. The Kier molecular flexibility index (Phi) is 3.91. The van der Waals surface area contributed by atoms with E-state index in [0.29, 0.717) is 5.65 Å². The number of imidazole rings is 1. The maximum absolute atomic E-state index is 12.2. The van der Waals surface area contributed by atoms with Crippen LogP contribution in [0.15, 0.2) is 29.4 Å². The number of carbonyl (C=O) groups is 1. The van der Waals surface area contributed by atoms with E-state index in [1.54, 1.807) is 24.4 Å². The van der Waals surface area contributed by atoms with Crippen molar-refractivity contribution in [2.75, 3.05) is 19.3 Å². The fourth-order valence-corrected chi connectivity index (χ4v) is 2.99. The van der Waals surface area contributed by atoms with Gasteiger partial charge in [0.2, 0.25) is 5.91 Å². The zero-order valence-electron chi connectivity index (χ0n) is 10.8. The number of carbonyl (C=O) groups excluding carboxylic acids is 1. The number of pyridine rings is 1. The number of anilines is 1. The van der Waals surface area contributed by atoms with E-state index >= 15 is 0 Å². The first-order valence-corrected chi connectivity index (χ1v) is 7.37. The van der Waals surface area contributed by atoms with E-state index in [0.717, 1.165) is 0 Å². The number of fused-ring (bicyclic) bond motifs is 1. The van der Waals surface area contributed by atoms with Gasteiger partial charge in [0.1, 0.15) is 5.65 Å². The maximum Gasteiger partial charge on any atom is 0.260 e. The number of hydrogen-bond donors (Lipinski definition) is 3. The Morgan fingerprint density at radius 2 is 2.20 bits per heavy atom. The van der Waals surface area contributed by atoms with Gasteiger partial charge in [0, 0.05) is 26.2 Å². The molecule has 0 unspecified atom stereocenters. The van der Waals surface area contributed by atoms with E-state index < -0.39 is 10.0 Å². The van der Waals surface area contributed by atoms with Gasteiger partial charge in [-0.15, -0.1) is 0 Å². The minimum absolute atomic E-state index is 0.0124. The smallest absolute Gasteiger partial charge is 0.260 e. The molecule has 0 aromatic carbocycles. The lowest BCUT2D eigenvalue weighted by atomic mass is 10.4. The van der Waals surface area contributed by atoms with Crippen molar-refractivity contribution in [3.63, 3.8) is 0 Å². The summed E-state index contributed by atoms with van der Waals surface area (Å²) in [5.41, 5.74) is 6.11. The predicted molar refractivity (Wildman–Crippen MR) is 73.5 cm³/mol. The highest BCUT2D eigenvalue weighted by molar-refractivity contribution is 7.89. The first-order valence-electron chi connectivity index (χ1n) is 5.88. The molecule has 0 saturated carbocycles. The van der Waals surface area contributed by atoms with Crippen molar-refractivity contribution in [1.82, 2.24) is 19.4 Å². The minimum atomic E-state index is -3.83. The van der Waals surface area contributed by atoms with Crippen LogP contribution in [0, 0.1) is 0 Å². The van der Waals surface area contributed by atoms with Gasteiger partial charge in [0.25, 0.3) is 10.0 Å². The van der Waals surface area contributed by atoms with Crippen LogP contribution >= 0.6 is 0 Å². The Bertz CT molecular complexity index is 738. The molecule has 0 atom stereocenters. The molecule has 2 aromatic rings. The molecule has 4 N–H and O–H groups in total. The molecule has 1 amide bonds. The number of nitrogens with one attached hydrogen (secondary N) is 2. The van der Waals surface area contributed by atoms with Gasteiger partial charge >= 0.3 is 0 Å². The monoisotopic (exact) mass is 297 g/mol. The van der Waals surface area contributed by atoms with Crippen LogP contribution in [0.2, 0.25) is 0 Å². The summed E-state index contributed by atoms with van der Waals surface area (Å²) in [4.78, 5) is 15.1. The Morgan fingerprint density at radius 1 is 1.45 bits per heavy atom. The highest BCUT2D eigenvalue weighted by Crippen LogP contribution is 2.19. The summed E-state index contributed by atoms with van der Waals surface area (Å²) in [7, 11) is -2.35. The average molecular weight is 297 g/mol. The molecule has 0 spiro atoms. The quantitative estimate of drug-likeness (QED) is 0.676. The molecular formula is C11H15N5O3S. The average Bonchev–Trinajstić information content (AvgIpc) is 2.74. The number of hydrogen-bond acceptors (Lipinski definition) is 5. The second-order valence-electron chi connectivity index (χ2n) is 4.05. The van der Waals surface area contributed by atoms with E-state index in [9.17, 15) is 13.2 Å². The van der Waals surface area contributed by atoms with Gasteiger partial charge in [-0.1, -0.05) is 6.07 Å². The summed E-state index contributed by atoms with van der Waals surface area (Å²) in [6, 6.07) is 5.06. The summed E-state index contributed by atoms with van der Waals surface area (Å²) < 4.78 is 28.1. The van der Waals surface area contributed by atoms with Gasteiger partial charge in [-0.3, -0.25) is 9.20 Å². The predicted octanol–water partition coefficient (Wildman–Crippen LogP) is -0.669. The van der Waals surface area contributed by atoms with Crippen molar-refractivity contribution in [2.24, 2.45) is 0 Å². The fourth-order valence-electron chi connectivity index (χ4n) is 1.75.